The summed E-state index contributed by atoms with van der Waals surface area (Å²) in [6.45, 7) is 0.308. The van der Waals surface area contributed by atoms with Crippen LogP contribution in [0, 0.1) is 0 Å². The normalized spacial score (nSPS) is 18.8. The molecule has 1 aromatic carbocycles. The summed E-state index contributed by atoms with van der Waals surface area (Å²) >= 11 is 0. The van der Waals surface area contributed by atoms with Gasteiger partial charge in [-0.3, -0.25) is 24.6 Å². The summed E-state index contributed by atoms with van der Waals surface area (Å²) in [6, 6.07) is 5.82. The Balaban J connectivity index is 1.70. The number of aryl methyl sites for hydroxylation is 2. The van der Waals surface area contributed by atoms with Crippen LogP contribution in [-0.4, -0.2) is 42.1 Å². The largest absolute Gasteiger partial charge is 0.294 e. The molecule has 0 aromatic heterocycles. The van der Waals surface area contributed by atoms with Gasteiger partial charge in [0.15, 0.2) is 5.78 Å². The highest BCUT2D eigenvalue weighted by Crippen LogP contribution is 2.23. The molecule has 20 heavy (non-hydrogen) atoms. The van der Waals surface area contributed by atoms with Crippen LogP contribution in [-0.2, 0) is 22.4 Å². The van der Waals surface area contributed by atoms with E-state index in [9.17, 15) is 14.4 Å². The van der Waals surface area contributed by atoms with Crippen LogP contribution in [0.1, 0.15) is 27.9 Å². The summed E-state index contributed by atoms with van der Waals surface area (Å²) in [4.78, 5) is 36.4. The first-order chi connectivity index (χ1) is 9.61. The molecule has 2 aliphatic rings. The number of hydrogen-bond donors (Lipinski definition) is 1. The van der Waals surface area contributed by atoms with Gasteiger partial charge in [0.25, 0.3) is 0 Å². The second-order valence-corrected chi connectivity index (χ2v) is 5.38. The lowest BCUT2D eigenvalue weighted by atomic mass is 10.0. The third kappa shape index (κ3) is 2.63. The van der Waals surface area contributed by atoms with Crippen LogP contribution in [0.15, 0.2) is 18.2 Å². The lowest BCUT2D eigenvalue weighted by Gasteiger charge is -2.24. The third-order valence-corrected chi connectivity index (χ3v) is 3.80. The number of carbonyl (C=O) groups excluding carboxylic acids is 3. The smallest absolute Gasteiger partial charge is 0.240 e. The van der Waals surface area contributed by atoms with Crippen LogP contribution in [0.2, 0.25) is 0 Å². The van der Waals surface area contributed by atoms with Crippen LogP contribution in [0.3, 0.4) is 0 Å². The van der Waals surface area contributed by atoms with E-state index >= 15 is 0 Å². The average molecular weight is 272 g/mol. The Kier molecular flexibility index (Phi) is 3.36. The molecule has 1 aromatic rings. The number of carbonyl (C=O) groups is 3. The topological polar surface area (TPSA) is 66.5 Å². The quantitative estimate of drug-likeness (QED) is 0.635. The SMILES string of the molecule is O=C1CN(CC(=O)c2ccc3c(c2)CCC3)CC(=O)N1. The van der Waals surface area contributed by atoms with E-state index < -0.39 is 0 Å². The molecule has 1 aliphatic heterocycles. The molecule has 0 saturated carbocycles. The molecule has 0 atom stereocenters. The van der Waals surface area contributed by atoms with Crippen molar-refractivity contribution in [3.63, 3.8) is 0 Å². The Labute approximate surface area is 116 Å². The minimum absolute atomic E-state index is 0.0396. The Morgan fingerprint density at radius 2 is 1.80 bits per heavy atom. The minimum atomic E-state index is -0.344. The predicted octanol–water partition coefficient (Wildman–Crippen LogP) is 0.316. The number of Topliss-reactive ketones (excluding diaryl/α,β-unsaturated/α-hetero) is 1. The highest BCUT2D eigenvalue weighted by molar-refractivity contribution is 6.02. The van der Waals surface area contributed by atoms with Crippen molar-refractivity contribution in [1.82, 2.24) is 10.2 Å². The molecule has 0 bridgehead atoms. The van der Waals surface area contributed by atoms with Gasteiger partial charge in [0, 0.05) is 5.56 Å². The van der Waals surface area contributed by atoms with Gasteiger partial charge in [-0.1, -0.05) is 12.1 Å². The number of hydrogen-bond acceptors (Lipinski definition) is 4. The summed E-state index contributed by atoms with van der Waals surface area (Å²) in [7, 11) is 0. The molecule has 0 radical (unpaired) electrons. The van der Waals surface area contributed by atoms with Crippen LogP contribution < -0.4 is 5.32 Å². The number of rotatable bonds is 3. The minimum Gasteiger partial charge on any atom is -0.294 e. The van der Waals surface area contributed by atoms with E-state index in [2.05, 4.69) is 5.32 Å². The van der Waals surface area contributed by atoms with Crippen molar-refractivity contribution in [2.24, 2.45) is 0 Å². The van der Waals surface area contributed by atoms with Crippen LogP contribution >= 0.6 is 0 Å². The first kappa shape index (κ1) is 13.0. The molecule has 2 amide bonds. The van der Waals surface area contributed by atoms with Crippen molar-refractivity contribution in [3.8, 4) is 0 Å². The summed E-state index contributed by atoms with van der Waals surface area (Å²) < 4.78 is 0. The van der Waals surface area contributed by atoms with Gasteiger partial charge >= 0.3 is 0 Å². The van der Waals surface area contributed by atoms with Crippen molar-refractivity contribution in [3.05, 3.63) is 34.9 Å². The molecule has 1 saturated heterocycles. The molecule has 104 valence electrons. The van der Waals surface area contributed by atoms with Gasteiger partial charge in [-0.05, 0) is 36.5 Å². The summed E-state index contributed by atoms with van der Waals surface area (Å²) in [5, 5.41) is 2.23. The van der Waals surface area contributed by atoms with Gasteiger partial charge in [0.05, 0.1) is 19.6 Å². The summed E-state index contributed by atoms with van der Waals surface area (Å²) in [5.74, 6) is -0.729. The fraction of sp³-hybridized carbons (Fsp3) is 0.400. The maximum atomic E-state index is 12.2. The first-order valence-corrected chi connectivity index (χ1v) is 6.82. The standard InChI is InChI=1S/C15H16N2O3/c18-13(7-17-8-14(19)16-15(20)9-17)12-5-4-10-2-1-3-11(10)6-12/h4-6H,1-3,7-9H2,(H,16,19,20). The van der Waals surface area contributed by atoms with Crippen molar-refractivity contribution in [2.45, 2.75) is 19.3 Å². The number of imide groups is 1. The molecular weight excluding hydrogens is 256 g/mol. The van der Waals surface area contributed by atoms with Crippen LogP contribution in [0.4, 0.5) is 0 Å². The third-order valence-electron chi connectivity index (χ3n) is 3.80. The number of fused-ring (bicyclic) bond motifs is 1. The van der Waals surface area contributed by atoms with Gasteiger partial charge in [0.1, 0.15) is 0 Å². The van der Waals surface area contributed by atoms with Gasteiger partial charge in [-0.2, -0.15) is 0 Å². The molecule has 1 N–H and O–H groups in total. The zero-order valence-corrected chi connectivity index (χ0v) is 11.1. The maximum Gasteiger partial charge on any atom is 0.240 e. The number of amides is 2. The Morgan fingerprint density at radius 1 is 1.10 bits per heavy atom. The van der Waals surface area contributed by atoms with Crippen molar-refractivity contribution in [1.29, 1.82) is 0 Å². The van der Waals surface area contributed by atoms with Crippen LogP contribution in [0.5, 0.6) is 0 Å². The second kappa shape index (κ2) is 5.17. The molecule has 0 unspecified atom stereocenters. The fourth-order valence-electron chi connectivity index (χ4n) is 2.85. The molecule has 5 heteroatoms. The summed E-state index contributed by atoms with van der Waals surface area (Å²) in [6.07, 6.45) is 3.26. The van der Waals surface area contributed by atoms with Gasteiger partial charge in [-0.15, -0.1) is 0 Å². The van der Waals surface area contributed by atoms with E-state index in [0.29, 0.717) is 5.56 Å². The number of nitrogens with one attached hydrogen (secondary N) is 1. The van der Waals surface area contributed by atoms with Gasteiger partial charge in [-0.25, -0.2) is 0 Å². The predicted molar refractivity (Wildman–Crippen MR) is 72.4 cm³/mol. The number of piperazine rings is 1. The lowest BCUT2D eigenvalue weighted by Crippen LogP contribution is -2.52. The summed E-state index contributed by atoms with van der Waals surface area (Å²) in [5.41, 5.74) is 3.25. The van der Waals surface area contributed by atoms with E-state index in [4.69, 9.17) is 0 Å². The van der Waals surface area contributed by atoms with Crippen molar-refractivity contribution < 1.29 is 14.4 Å². The molecular formula is C15H16N2O3. The highest BCUT2D eigenvalue weighted by Gasteiger charge is 2.24. The van der Waals surface area contributed by atoms with Gasteiger partial charge < -0.3 is 0 Å². The zero-order chi connectivity index (χ0) is 14.1. The molecule has 1 aliphatic carbocycles. The van der Waals surface area contributed by atoms with Gasteiger partial charge in [0.2, 0.25) is 11.8 Å². The Morgan fingerprint density at radius 3 is 2.55 bits per heavy atom. The fourth-order valence-corrected chi connectivity index (χ4v) is 2.85. The number of ketones is 1. The second-order valence-electron chi connectivity index (χ2n) is 5.38. The monoisotopic (exact) mass is 272 g/mol. The molecule has 1 fully saturated rings. The van der Waals surface area contributed by atoms with E-state index in [1.54, 1.807) is 4.90 Å². The van der Waals surface area contributed by atoms with E-state index in [0.717, 1.165) is 19.3 Å². The molecule has 5 nitrogen and oxygen atoms in total. The molecule has 3 rings (SSSR count). The Bertz CT molecular complexity index is 579. The first-order valence-electron chi connectivity index (χ1n) is 6.82. The lowest BCUT2D eigenvalue weighted by molar-refractivity contribution is -0.135. The molecule has 0 spiro atoms. The number of benzene rings is 1. The van der Waals surface area contributed by atoms with E-state index in [1.165, 1.54) is 11.1 Å². The van der Waals surface area contributed by atoms with E-state index in [1.807, 2.05) is 18.2 Å². The maximum absolute atomic E-state index is 12.2. The highest BCUT2D eigenvalue weighted by atomic mass is 16.2. The Hall–Kier alpha value is -2.01. The van der Waals surface area contributed by atoms with Crippen molar-refractivity contribution >= 4 is 17.6 Å². The molecule has 1 heterocycles. The van der Waals surface area contributed by atoms with Crippen molar-refractivity contribution in [2.75, 3.05) is 19.6 Å². The zero-order valence-electron chi connectivity index (χ0n) is 11.1. The van der Waals surface area contributed by atoms with Crippen LogP contribution in [0.25, 0.3) is 0 Å². The average Bonchev–Trinajstić information content (AvgIpc) is 2.84. The number of nitrogens with zero attached hydrogens (tertiary/aromatic N) is 1. The van der Waals surface area contributed by atoms with E-state index in [-0.39, 0.29) is 37.2 Å².